The smallest absolute Gasteiger partial charge is 0.228 e. The summed E-state index contributed by atoms with van der Waals surface area (Å²) in [7, 11) is 0. The van der Waals surface area contributed by atoms with E-state index in [-0.39, 0.29) is 30.2 Å². The molecular formula is C18H21N5O2. The minimum absolute atomic E-state index is 0.0226. The van der Waals surface area contributed by atoms with Gasteiger partial charge >= 0.3 is 0 Å². The maximum absolute atomic E-state index is 12.9. The molecule has 25 heavy (non-hydrogen) atoms. The van der Waals surface area contributed by atoms with Crippen molar-refractivity contribution in [1.29, 1.82) is 0 Å². The molecule has 2 aliphatic rings. The fraction of sp³-hybridized carbons (Fsp3) is 0.444. The molecule has 3 heterocycles. The molecule has 4 rings (SSSR count). The third-order valence-corrected chi connectivity index (χ3v) is 5.06. The van der Waals surface area contributed by atoms with Gasteiger partial charge in [0.15, 0.2) is 0 Å². The Labute approximate surface area is 146 Å². The van der Waals surface area contributed by atoms with Crippen LogP contribution in [-0.2, 0) is 9.59 Å². The monoisotopic (exact) mass is 339 g/mol. The van der Waals surface area contributed by atoms with E-state index in [4.69, 9.17) is 0 Å². The van der Waals surface area contributed by atoms with E-state index in [1.807, 2.05) is 39.9 Å². The standard InChI is InChI=1S/C18H21N5O2/c24-17-9-14(10-22(17)15-5-2-1-3-6-15)18(25)21-8-4-7-16(11-21)23-13-19-12-20-23/h1-3,5-6,12-14,16H,4,7-11H2/t14-,16+/m0/s1. The molecule has 7 heteroatoms. The SMILES string of the molecule is O=C([C@H]1CC(=O)N(c2ccccc2)C1)N1CCC[C@@H](n2cncn2)C1. The Balaban J connectivity index is 1.43. The zero-order valence-corrected chi connectivity index (χ0v) is 14.0. The fourth-order valence-corrected chi connectivity index (χ4v) is 3.77. The topological polar surface area (TPSA) is 71.3 Å². The largest absolute Gasteiger partial charge is 0.340 e. The molecule has 2 amide bonds. The number of rotatable bonds is 3. The molecule has 130 valence electrons. The van der Waals surface area contributed by atoms with Gasteiger partial charge in [0.05, 0.1) is 12.0 Å². The predicted octanol–water partition coefficient (Wildman–Crippen LogP) is 1.49. The number of amides is 2. The number of anilines is 1. The summed E-state index contributed by atoms with van der Waals surface area (Å²) in [6.07, 6.45) is 5.45. The van der Waals surface area contributed by atoms with Crippen molar-refractivity contribution < 1.29 is 9.59 Å². The minimum atomic E-state index is -0.262. The highest BCUT2D eigenvalue weighted by molar-refractivity contribution is 6.00. The Morgan fingerprint density at radius 3 is 2.76 bits per heavy atom. The molecule has 0 N–H and O–H groups in total. The molecule has 0 bridgehead atoms. The Kier molecular flexibility index (Phi) is 4.21. The van der Waals surface area contributed by atoms with Gasteiger partial charge in [-0.1, -0.05) is 18.2 Å². The van der Waals surface area contributed by atoms with Crippen molar-refractivity contribution in [3.63, 3.8) is 0 Å². The quantitative estimate of drug-likeness (QED) is 0.849. The van der Waals surface area contributed by atoms with Crippen molar-refractivity contribution >= 4 is 17.5 Å². The van der Waals surface area contributed by atoms with Crippen LogP contribution in [0.4, 0.5) is 5.69 Å². The second-order valence-electron chi connectivity index (χ2n) is 6.70. The summed E-state index contributed by atoms with van der Waals surface area (Å²) in [6.45, 7) is 1.85. The van der Waals surface area contributed by atoms with Crippen LogP contribution in [0.5, 0.6) is 0 Å². The molecule has 2 fully saturated rings. The molecule has 0 saturated carbocycles. The Morgan fingerprint density at radius 1 is 1.16 bits per heavy atom. The normalized spacial score (nSPS) is 23.9. The van der Waals surface area contributed by atoms with Crippen molar-refractivity contribution in [3.05, 3.63) is 43.0 Å². The second kappa shape index (κ2) is 6.66. The highest BCUT2D eigenvalue weighted by atomic mass is 16.2. The molecule has 1 aromatic carbocycles. The fourth-order valence-electron chi connectivity index (χ4n) is 3.77. The Bertz CT molecular complexity index is 746. The maximum Gasteiger partial charge on any atom is 0.228 e. The molecule has 2 saturated heterocycles. The van der Waals surface area contributed by atoms with Gasteiger partial charge < -0.3 is 9.80 Å². The van der Waals surface area contributed by atoms with E-state index in [1.165, 1.54) is 6.33 Å². The van der Waals surface area contributed by atoms with Gasteiger partial charge in [-0.3, -0.25) is 9.59 Å². The van der Waals surface area contributed by atoms with Crippen molar-refractivity contribution in [3.8, 4) is 0 Å². The van der Waals surface area contributed by atoms with Crippen LogP contribution in [0.25, 0.3) is 0 Å². The van der Waals surface area contributed by atoms with Gasteiger partial charge in [0.25, 0.3) is 0 Å². The molecule has 0 aliphatic carbocycles. The van der Waals surface area contributed by atoms with E-state index in [2.05, 4.69) is 10.1 Å². The van der Waals surface area contributed by atoms with E-state index in [0.717, 1.165) is 25.1 Å². The van der Waals surface area contributed by atoms with E-state index in [0.29, 0.717) is 13.1 Å². The summed E-state index contributed by atoms with van der Waals surface area (Å²) >= 11 is 0. The lowest BCUT2D eigenvalue weighted by Crippen LogP contribution is -2.44. The van der Waals surface area contributed by atoms with Gasteiger partial charge in [-0.05, 0) is 25.0 Å². The van der Waals surface area contributed by atoms with Crippen LogP contribution in [-0.4, -0.2) is 51.1 Å². The van der Waals surface area contributed by atoms with Gasteiger partial charge in [0.1, 0.15) is 12.7 Å². The van der Waals surface area contributed by atoms with Crippen LogP contribution < -0.4 is 4.90 Å². The van der Waals surface area contributed by atoms with Crippen molar-refractivity contribution in [1.82, 2.24) is 19.7 Å². The third-order valence-electron chi connectivity index (χ3n) is 5.06. The van der Waals surface area contributed by atoms with E-state index >= 15 is 0 Å². The van der Waals surface area contributed by atoms with Crippen molar-refractivity contribution in [2.75, 3.05) is 24.5 Å². The molecule has 0 radical (unpaired) electrons. The van der Waals surface area contributed by atoms with E-state index in [9.17, 15) is 9.59 Å². The molecule has 0 unspecified atom stereocenters. The van der Waals surface area contributed by atoms with E-state index in [1.54, 1.807) is 11.2 Å². The predicted molar refractivity (Wildman–Crippen MR) is 91.8 cm³/mol. The number of para-hydroxylation sites is 1. The summed E-state index contributed by atoms with van der Waals surface area (Å²) in [4.78, 5) is 32.9. The zero-order chi connectivity index (χ0) is 17.2. The van der Waals surface area contributed by atoms with Crippen LogP contribution in [0.2, 0.25) is 0 Å². The highest BCUT2D eigenvalue weighted by Gasteiger charge is 2.38. The number of aromatic nitrogens is 3. The number of hydrogen-bond acceptors (Lipinski definition) is 4. The van der Waals surface area contributed by atoms with Gasteiger partial charge in [0.2, 0.25) is 11.8 Å². The van der Waals surface area contributed by atoms with Gasteiger partial charge in [0, 0.05) is 31.7 Å². The number of nitrogens with zero attached hydrogens (tertiary/aromatic N) is 5. The second-order valence-corrected chi connectivity index (χ2v) is 6.70. The lowest BCUT2D eigenvalue weighted by Gasteiger charge is -2.34. The molecule has 2 aromatic rings. The number of hydrogen-bond donors (Lipinski definition) is 0. The lowest BCUT2D eigenvalue weighted by molar-refractivity contribution is -0.137. The van der Waals surface area contributed by atoms with Crippen LogP contribution >= 0.6 is 0 Å². The lowest BCUT2D eigenvalue weighted by atomic mass is 10.0. The minimum Gasteiger partial charge on any atom is -0.340 e. The first-order valence-corrected chi connectivity index (χ1v) is 8.70. The molecule has 7 nitrogen and oxygen atoms in total. The van der Waals surface area contributed by atoms with Crippen LogP contribution in [0.15, 0.2) is 43.0 Å². The molecule has 1 aromatic heterocycles. The highest BCUT2D eigenvalue weighted by Crippen LogP contribution is 2.28. The maximum atomic E-state index is 12.9. The Morgan fingerprint density at radius 2 is 2.00 bits per heavy atom. The van der Waals surface area contributed by atoms with Crippen molar-refractivity contribution in [2.24, 2.45) is 5.92 Å². The third kappa shape index (κ3) is 3.14. The van der Waals surface area contributed by atoms with Gasteiger partial charge in [-0.15, -0.1) is 0 Å². The average Bonchev–Trinajstić information content (AvgIpc) is 3.32. The summed E-state index contributed by atoms with van der Waals surface area (Å²) in [5.74, 6) is -0.159. The first kappa shape index (κ1) is 15.8. The number of carbonyl (C=O) groups excluding carboxylic acids is 2. The molecule has 0 spiro atoms. The average molecular weight is 339 g/mol. The van der Waals surface area contributed by atoms with Crippen molar-refractivity contribution in [2.45, 2.75) is 25.3 Å². The molecule has 2 atom stereocenters. The number of benzene rings is 1. The van der Waals surface area contributed by atoms with E-state index < -0.39 is 0 Å². The zero-order valence-electron chi connectivity index (χ0n) is 14.0. The summed E-state index contributed by atoms with van der Waals surface area (Å²) in [6, 6.07) is 9.72. The summed E-state index contributed by atoms with van der Waals surface area (Å²) in [5.41, 5.74) is 0.863. The summed E-state index contributed by atoms with van der Waals surface area (Å²) < 4.78 is 1.83. The molecule has 2 aliphatic heterocycles. The first-order valence-electron chi connectivity index (χ1n) is 8.70. The number of piperidine rings is 1. The summed E-state index contributed by atoms with van der Waals surface area (Å²) in [5, 5.41) is 4.20. The number of likely N-dealkylation sites (tertiary alicyclic amines) is 1. The molecular weight excluding hydrogens is 318 g/mol. The van der Waals surface area contributed by atoms with Crippen LogP contribution in [0, 0.1) is 5.92 Å². The Hall–Kier alpha value is -2.70. The number of carbonyl (C=O) groups is 2. The van der Waals surface area contributed by atoms with Gasteiger partial charge in [-0.25, -0.2) is 9.67 Å². The van der Waals surface area contributed by atoms with Crippen LogP contribution in [0.3, 0.4) is 0 Å². The van der Waals surface area contributed by atoms with Gasteiger partial charge in [-0.2, -0.15) is 5.10 Å². The van der Waals surface area contributed by atoms with Crippen LogP contribution in [0.1, 0.15) is 25.3 Å². The first-order chi connectivity index (χ1) is 12.2.